The van der Waals surface area contributed by atoms with Gasteiger partial charge in [0.2, 0.25) is 15.9 Å². The van der Waals surface area contributed by atoms with Gasteiger partial charge in [0.25, 0.3) is 0 Å². The third-order valence-electron chi connectivity index (χ3n) is 5.36. The molecule has 0 atom stereocenters. The molecular weight excluding hydrogens is 418 g/mol. The van der Waals surface area contributed by atoms with Crippen molar-refractivity contribution in [1.29, 1.82) is 0 Å². The van der Waals surface area contributed by atoms with E-state index in [1.165, 1.54) is 11.4 Å². The minimum absolute atomic E-state index is 0.141. The molecule has 8 nitrogen and oxygen atoms in total. The minimum Gasteiger partial charge on any atom is -0.453 e. The van der Waals surface area contributed by atoms with Crippen LogP contribution in [0.3, 0.4) is 0 Å². The molecule has 2 N–H and O–H groups in total. The molecule has 0 saturated carbocycles. The Labute approximate surface area is 182 Å². The number of nitrogens with one attached hydrogen (secondary N) is 2. The van der Waals surface area contributed by atoms with Gasteiger partial charge in [-0.15, -0.1) is 0 Å². The molecule has 31 heavy (non-hydrogen) atoms. The van der Waals surface area contributed by atoms with Crippen molar-refractivity contribution in [2.45, 2.75) is 31.6 Å². The van der Waals surface area contributed by atoms with Crippen molar-refractivity contribution in [2.24, 2.45) is 5.92 Å². The van der Waals surface area contributed by atoms with Gasteiger partial charge in [0, 0.05) is 30.4 Å². The predicted octanol–water partition coefficient (Wildman–Crippen LogP) is 3.52. The van der Waals surface area contributed by atoms with Crippen LogP contribution in [-0.2, 0) is 19.6 Å². The highest BCUT2D eigenvalue weighted by Gasteiger charge is 2.32. The maximum absolute atomic E-state index is 13.0. The molecule has 1 saturated heterocycles. The second kappa shape index (κ2) is 9.49. The van der Waals surface area contributed by atoms with E-state index >= 15 is 0 Å². The number of amides is 2. The SMILES string of the molecule is COC(=O)Nc1ccc(NC(=O)C2CCN(S(=O)(=O)c3ccc(C)cc3C)CC2)cc1. The highest BCUT2D eigenvalue weighted by molar-refractivity contribution is 7.89. The fraction of sp³-hybridized carbons (Fsp3) is 0.364. The lowest BCUT2D eigenvalue weighted by Gasteiger charge is -2.31. The van der Waals surface area contributed by atoms with Crippen LogP contribution in [0.4, 0.5) is 16.2 Å². The van der Waals surface area contributed by atoms with Crippen LogP contribution in [0.1, 0.15) is 24.0 Å². The summed E-state index contributed by atoms with van der Waals surface area (Å²) >= 11 is 0. The monoisotopic (exact) mass is 445 g/mol. The van der Waals surface area contributed by atoms with Gasteiger partial charge in [-0.05, 0) is 62.6 Å². The van der Waals surface area contributed by atoms with E-state index in [9.17, 15) is 18.0 Å². The van der Waals surface area contributed by atoms with Crippen LogP contribution in [0.5, 0.6) is 0 Å². The Morgan fingerprint density at radius 3 is 2.10 bits per heavy atom. The average molecular weight is 446 g/mol. The maximum atomic E-state index is 13.0. The molecule has 1 aliphatic heterocycles. The van der Waals surface area contributed by atoms with Crippen molar-refractivity contribution < 1.29 is 22.7 Å². The summed E-state index contributed by atoms with van der Waals surface area (Å²) in [6, 6.07) is 12.0. The fourth-order valence-corrected chi connectivity index (χ4v) is 5.31. The van der Waals surface area contributed by atoms with Crippen molar-refractivity contribution >= 4 is 33.4 Å². The molecule has 2 amide bonds. The summed E-state index contributed by atoms with van der Waals surface area (Å²) in [5.74, 6) is -0.407. The molecule has 3 rings (SSSR count). The molecule has 2 aromatic rings. The average Bonchev–Trinajstić information content (AvgIpc) is 2.74. The number of aryl methyl sites for hydroxylation is 2. The lowest BCUT2D eigenvalue weighted by Crippen LogP contribution is -2.41. The number of ether oxygens (including phenoxy) is 1. The predicted molar refractivity (Wildman–Crippen MR) is 118 cm³/mol. The lowest BCUT2D eigenvalue weighted by molar-refractivity contribution is -0.120. The van der Waals surface area contributed by atoms with E-state index in [4.69, 9.17) is 0 Å². The Balaban J connectivity index is 1.57. The first-order valence-electron chi connectivity index (χ1n) is 10.0. The Morgan fingerprint density at radius 2 is 1.55 bits per heavy atom. The minimum atomic E-state index is -3.58. The second-order valence-electron chi connectivity index (χ2n) is 7.63. The molecule has 1 fully saturated rings. The number of sulfonamides is 1. The third-order valence-corrected chi connectivity index (χ3v) is 7.42. The van der Waals surface area contributed by atoms with Gasteiger partial charge in [-0.2, -0.15) is 4.31 Å². The number of anilines is 2. The molecule has 0 unspecified atom stereocenters. The number of piperidine rings is 1. The second-order valence-corrected chi connectivity index (χ2v) is 9.54. The molecule has 0 aromatic heterocycles. The van der Waals surface area contributed by atoms with E-state index in [1.807, 2.05) is 13.0 Å². The summed E-state index contributed by atoms with van der Waals surface area (Å²) in [5, 5.41) is 5.39. The molecule has 1 heterocycles. The zero-order valence-electron chi connectivity index (χ0n) is 17.8. The lowest BCUT2D eigenvalue weighted by atomic mass is 9.97. The molecule has 0 spiro atoms. The third kappa shape index (κ3) is 5.42. The first-order valence-corrected chi connectivity index (χ1v) is 11.5. The van der Waals surface area contributed by atoms with Gasteiger partial charge in [0.15, 0.2) is 0 Å². The molecule has 2 aromatic carbocycles. The van der Waals surface area contributed by atoms with E-state index in [0.29, 0.717) is 42.2 Å². The molecule has 166 valence electrons. The van der Waals surface area contributed by atoms with Crippen LogP contribution in [0.15, 0.2) is 47.4 Å². The van der Waals surface area contributed by atoms with Crippen LogP contribution in [0.2, 0.25) is 0 Å². The first-order chi connectivity index (χ1) is 14.7. The Morgan fingerprint density at radius 1 is 0.968 bits per heavy atom. The Kier molecular flexibility index (Phi) is 6.97. The van der Waals surface area contributed by atoms with Gasteiger partial charge in [0.05, 0.1) is 12.0 Å². The quantitative estimate of drug-likeness (QED) is 0.733. The summed E-state index contributed by atoms with van der Waals surface area (Å²) in [7, 11) is -2.30. The van der Waals surface area contributed by atoms with Gasteiger partial charge in [-0.25, -0.2) is 13.2 Å². The van der Waals surface area contributed by atoms with Gasteiger partial charge in [-0.1, -0.05) is 17.7 Å². The van der Waals surface area contributed by atoms with Crippen LogP contribution < -0.4 is 10.6 Å². The van der Waals surface area contributed by atoms with Crippen molar-refractivity contribution in [3.63, 3.8) is 0 Å². The number of methoxy groups -OCH3 is 1. The van der Waals surface area contributed by atoms with E-state index in [-0.39, 0.29) is 11.8 Å². The van der Waals surface area contributed by atoms with Crippen molar-refractivity contribution in [3.05, 3.63) is 53.6 Å². The van der Waals surface area contributed by atoms with Gasteiger partial charge in [0.1, 0.15) is 0 Å². The molecular formula is C22H27N3O5S. The van der Waals surface area contributed by atoms with Crippen molar-refractivity contribution in [2.75, 3.05) is 30.8 Å². The van der Waals surface area contributed by atoms with Crippen LogP contribution in [-0.4, -0.2) is 44.9 Å². The maximum Gasteiger partial charge on any atom is 0.411 e. The van der Waals surface area contributed by atoms with Gasteiger partial charge in [-0.3, -0.25) is 10.1 Å². The largest absolute Gasteiger partial charge is 0.453 e. The smallest absolute Gasteiger partial charge is 0.411 e. The summed E-state index contributed by atoms with van der Waals surface area (Å²) in [4.78, 5) is 24.2. The van der Waals surface area contributed by atoms with E-state index in [2.05, 4.69) is 15.4 Å². The zero-order chi connectivity index (χ0) is 22.6. The fourth-order valence-electron chi connectivity index (χ4n) is 3.64. The zero-order valence-corrected chi connectivity index (χ0v) is 18.7. The summed E-state index contributed by atoms with van der Waals surface area (Å²) in [6.07, 6.45) is 0.343. The van der Waals surface area contributed by atoms with Gasteiger partial charge < -0.3 is 10.1 Å². The molecule has 9 heteroatoms. The van der Waals surface area contributed by atoms with E-state index in [1.54, 1.807) is 43.3 Å². The van der Waals surface area contributed by atoms with Gasteiger partial charge >= 0.3 is 6.09 Å². The van der Waals surface area contributed by atoms with E-state index in [0.717, 1.165) is 11.1 Å². The normalized spacial score (nSPS) is 15.3. The first kappa shape index (κ1) is 22.8. The van der Waals surface area contributed by atoms with Crippen LogP contribution in [0.25, 0.3) is 0 Å². The highest BCUT2D eigenvalue weighted by Crippen LogP contribution is 2.27. The number of hydrogen-bond acceptors (Lipinski definition) is 5. The number of carbonyl (C=O) groups excluding carboxylic acids is 2. The number of hydrogen-bond donors (Lipinski definition) is 2. The Hall–Kier alpha value is -2.91. The number of nitrogens with zero attached hydrogens (tertiary/aromatic N) is 1. The molecule has 0 bridgehead atoms. The topological polar surface area (TPSA) is 105 Å². The number of carbonyl (C=O) groups is 2. The molecule has 1 aliphatic rings. The highest BCUT2D eigenvalue weighted by atomic mass is 32.2. The van der Waals surface area contributed by atoms with Crippen LogP contribution >= 0.6 is 0 Å². The standard InChI is InChI=1S/C22H27N3O5S/c1-15-4-9-20(16(2)14-15)31(28,29)25-12-10-17(11-13-25)21(26)23-18-5-7-19(8-6-18)24-22(27)30-3/h4-9,14,17H,10-13H2,1-3H3,(H,23,26)(H,24,27). The molecule has 0 radical (unpaired) electrons. The van der Waals surface area contributed by atoms with Crippen molar-refractivity contribution in [3.8, 4) is 0 Å². The summed E-state index contributed by atoms with van der Waals surface area (Å²) in [5.41, 5.74) is 2.89. The number of rotatable bonds is 5. The number of benzene rings is 2. The summed E-state index contributed by atoms with van der Waals surface area (Å²) in [6.45, 7) is 4.33. The summed E-state index contributed by atoms with van der Waals surface area (Å²) < 4.78 is 32.0. The van der Waals surface area contributed by atoms with E-state index < -0.39 is 16.1 Å². The van der Waals surface area contributed by atoms with Crippen LogP contribution in [0, 0.1) is 19.8 Å². The van der Waals surface area contributed by atoms with Crippen molar-refractivity contribution in [1.82, 2.24) is 4.31 Å². The Bertz CT molecular complexity index is 1060. The molecule has 0 aliphatic carbocycles.